The molecule has 0 spiro atoms. The molecular weight excluding hydrogens is 526 g/mol. The van der Waals surface area contributed by atoms with Crippen LogP contribution >= 0.6 is 0 Å². The molecule has 0 aliphatic heterocycles. The molecule has 0 unspecified atom stereocenters. The zero-order valence-electron chi connectivity index (χ0n) is 24.1. The van der Waals surface area contributed by atoms with E-state index in [9.17, 15) is 19.2 Å². The lowest BCUT2D eigenvalue weighted by Gasteiger charge is -2.19. The number of hydrogen-bond acceptors (Lipinski definition) is 6. The maximum absolute atomic E-state index is 12.7. The van der Waals surface area contributed by atoms with Crippen LogP contribution in [0, 0.1) is 0 Å². The van der Waals surface area contributed by atoms with Crippen molar-refractivity contribution in [2.45, 2.75) is 65.8 Å². The molecule has 0 saturated heterocycles. The maximum Gasteiger partial charge on any atom is 0.407 e. The largest absolute Gasteiger partial charge is 0.444 e. The van der Waals surface area contributed by atoms with Gasteiger partial charge in [-0.25, -0.2) is 9.59 Å². The van der Waals surface area contributed by atoms with E-state index in [1.807, 2.05) is 0 Å². The minimum Gasteiger partial charge on any atom is -0.444 e. The van der Waals surface area contributed by atoms with Crippen molar-refractivity contribution in [2.75, 3.05) is 10.6 Å². The first-order chi connectivity index (χ1) is 19.2. The third-order valence-corrected chi connectivity index (χ3v) is 5.28. The van der Waals surface area contributed by atoms with E-state index in [2.05, 4.69) is 26.3 Å². The lowest BCUT2D eigenvalue weighted by Crippen LogP contribution is -2.32. The van der Waals surface area contributed by atoms with Crippen LogP contribution in [0.3, 0.4) is 0 Å². The van der Waals surface area contributed by atoms with Gasteiger partial charge in [-0.05, 0) is 83.0 Å². The van der Waals surface area contributed by atoms with Crippen LogP contribution in [-0.4, -0.2) is 40.2 Å². The molecule has 0 saturated carbocycles. The third kappa shape index (κ3) is 10.7. The van der Waals surface area contributed by atoms with Crippen LogP contribution in [0.1, 0.15) is 73.5 Å². The van der Waals surface area contributed by atoms with Gasteiger partial charge in [-0.1, -0.05) is 24.3 Å². The summed E-state index contributed by atoms with van der Waals surface area (Å²) in [7, 11) is 0. The van der Waals surface area contributed by atoms with Crippen LogP contribution < -0.4 is 21.3 Å². The Bertz CT molecular complexity index is 1370. The molecule has 0 radical (unpaired) electrons. The Labute approximate surface area is 239 Å². The number of ether oxygens (including phenoxy) is 2. The highest BCUT2D eigenvalue weighted by Crippen LogP contribution is 2.16. The Hall–Kier alpha value is -4.80. The second-order valence-corrected chi connectivity index (χ2v) is 11.3. The van der Waals surface area contributed by atoms with Crippen LogP contribution in [0.2, 0.25) is 0 Å². The highest BCUT2D eigenvalue weighted by molar-refractivity contribution is 6.07. The first kappa shape index (κ1) is 30.7. The predicted molar refractivity (Wildman–Crippen MR) is 156 cm³/mol. The fourth-order valence-corrected chi connectivity index (χ4v) is 3.46. The van der Waals surface area contributed by atoms with Gasteiger partial charge in [0.2, 0.25) is 0 Å². The molecule has 4 amide bonds. The number of alkyl carbamates (subject to hydrolysis) is 2. The number of rotatable bonds is 8. The minimum absolute atomic E-state index is 0.263. The quantitative estimate of drug-likeness (QED) is 0.242. The first-order valence-corrected chi connectivity index (χ1v) is 13.1. The Morgan fingerprint density at radius 2 is 1.12 bits per heavy atom. The van der Waals surface area contributed by atoms with Gasteiger partial charge >= 0.3 is 12.2 Å². The van der Waals surface area contributed by atoms with E-state index < -0.39 is 23.4 Å². The minimum atomic E-state index is -0.583. The third-order valence-electron chi connectivity index (χ3n) is 5.28. The van der Waals surface area contributed by atoms with Crippen molar-refractivity contribution in [1.29, 1.82) is 0 Å². The number of hydrogen-bond donors (Lipinski definition) is 5. The molecular formula is C30H37N5O6. The second kappa shape index (κ2) is 13.0. The van der Waals surface area contributed by atoms with Crippen molar-refractivity contribution in [1.82, 2.24) is 15.6 Å². The summed E-state index contributed by atoms with van der Waals surface area (Å²) in [4.78, 5) is 51.8. The van der Waals surface area contributed by atoms with Crippen molar-refractivity contribution in [2.24, 2.45) is 0 Å². The SMILES string of the molecule is CC(C)(C)OC(=O)NCc1ccc(NC(=O)c2cc(NC(=O)c3ccc(CNC(=O)OC(C)(C)C)cc3)c[nH]2)cc1. The van der Waals surface area contributed by atoms with Crippen LogP contribution in [-0.2, 0) is 22.6 Å². The molecule has 11 nitrogen and oxygen atoms in total. The fraction of sp³-hybridized carbons (Fsp3) is 0.333. The van der Waals surface area contributed by atoms with Crippen LogP contribution in [0.15, 0.2) is 60.8 Å². The summed E-state index contributed by atoms with van der Waals surface area (Å²) >= 11 is 0. The Morgan fingerprint density at radius 3 is 1.61 bits per heavy atom. The Kier molecular flexibility index (Phi) is 9.77. The monoisotopic (exact) mass is 563 g/mol. The number of amides is 4. The molecule has 5 N–H and O–H groups in total. The van der Waals surface area contributed by atoms with E-state index in [0.29, 0.717) is 16.9 Å². The van der Waals surface area contributed by atoms with Gasteiger partial charge in [0, 0.05) is 30.5 Å². The number of H-pyrrole nitrogens is 1. The van der Waals surface area contributed by atoms with Gasteiger partial charge in [0.15, 0.2) is 0 Å². The summed E-state index contributed by atoms with van der Waals surface area (Å²) in [6, 6.07) is 15.3. The lowest BCUT2D eigenvalue weighted by atomic mass is 10.1. The highest BCUT2D eigenvalue weighted by Gasteiger charge is 2.17. The number of anilines is 2. The molecule has 0 bridgehead atoms. The van der Waals surface area contributed by atoms with Gasteiger partial charge < -0.3 is 35.7 Å². The van der Waals surface area contributed by atoms with Crippen molar-refractivity contribution >= 4 is 35.4 Å². The standard InChI is InChI=1S/C30H37N5O6/c1-29(2,3)40-27(38)32-16-19-7-11-21(12-8-19)25(36)35-23-15-24(31-18-23)26(37)34-22-13-9-20(10-14-22)17-33-28(39)41-30(4,5)6/h7-15,18,31H,16-17H2,1-6H3,(H,32,38)(H,33,39)(H,34,37)(H,35,36). The van der Waals surface area contributed by atoms with Gasteiger partial charge in [-0.3, -0.25) is 9.59 Å². The highest BCUT2D eigenvalue weighted by atomic mass is 16.6. The lowest BCUT2D eigenvalue weighted by molar-refractivity contribution is 0.0512. The molecule has 0 aliphatic rings. The van der Waals surface area contributed by atoms with E-state index in [1.54, 1.807) is 90.1 Å². The number of aromatic amines is 1. The molecule has 1 aromatic heterocycles. The summed E-state index contributed by atoms with van der Waals surface area (Å²) in [5, 5.41) is 10.9. The van der Waals surface area contributed by atoms with Crippen LogP contribution in [0.5, 0.6) is 0 Å². The van der Waals surface area contributed by atoms with Gasteiger partial charge in [0.1, 0.15) is 16.9 Å². The summed E-state index contributed by atoms with van der Waals surface area (Å²) < 4.78 is 10.4. The summed E-state index contributed by atoms with van der Waals surface area (Å²) in [6.07, 6.45) is 0.502. The molecule has 3 aromatic rings. The van der Waals surface area contributed by atoms with Crippen molar-refractivity contribution in [3.8, 4) is 0 Å². The summed E-state index contributed by atoms with van der Waals surface area (Å²) in [5.74, 6) is -0.731. The van der Waals surface area contributed by atoms with E-state index in [4.69, 9.17) is 9.47 Å². The molecule has 1 heterocycles. The zero-order valence-corrected chi connectivity index (χ0v) is 24.1. The number of carbonyl (C=O) groups excluding carboxylic acids is 4. The number of carbonyl (C=O) groups is 4. The first-order valence-electron chi connectivity index (χ1n) is 13.1. The van der Waals surface area contributed by atoms with Crippen molar-refractivity contribution in [3.05, 3.63) is 83.2 Å². The summed E-state index contributed by atoms with van der Waals surface area (Å²) in [5.41, 5.74) is 2.16. The number of nitrogens with one attached hydrogen (secondary N) is 5. The van der Waals surface area contributed by atoms with E-state index in [-0.39, 0.29) is 30.6 Å². The fourth-order valence-electron chi connectivity index (χ4n) is 3.46. The normalized spacial score (nSPS) is 11.3. The maximum atomic E-state index is 12.7. The zero-order chi connectivity index (χ0) is 30.2. The molecule has 218 valence electrons. The van der Waals surface area contributed by atoms with Crippen LogP contribution in [0.4, 0.5) is 21.0 Å². The van der Waals surface area contributed by atoms with Gasteiger partial charge in [-0.15, -0.1) is 0 Å². The average Bonchev–Trinajstić information content (AvgIpc) is 3.34. The topological polar surface area (TPSA) is 151 Å². The number of benzene rings is 2. The molecule has 0 atom stereocenters. The summed E-state index contributed by atoms with van der Waals surface area (Å²) in [6.45, 7) is 11.3. The van der Waals surface area contributed by atoms with Gasteiger partial charge in [0.05, 0.1) is 5.69 Å². The molecule has 41 heavy (non-hydrogen) atoms. The van der Waals surface area contributed by atoms with Gasteiger partial charge in [-0.2, -0.15) is 0 Å². The Morgan fingerprint density at radius 1 is 0.659 bits per heavy atom. The molecule has 11 heteroatoms. The number of aromatic nitrogens is 1. The molecule has 0 aliphatic carbocycles. The second-order valence-electron chi connectivity index (χ2n) is 11.3. The van der Waals surface area contributed by atoms with E-state index in [1.165, 1.54) is 12.3 Å². The van der Waals surface area contributed by atoms with Crippen LogP contribution in [0.25, 0.3) is 0 Å². The molecule has 3 rings (SSSR count). The van der Waals surface area contributed by atoms with Crippen molar-refractivity contribution in [3.63, 3.8) is 0 Å². The average molecular weight is 564 g/mol. The predicted octanol–water partition coefficient (Wildman–Crippen LogP) is 5.57. The smallest absolute Gasteiger partial charge is 0.407 e. The van der Waals surface area contributed by atoms with E-state index in [0.717, 1.165) is 11.1 Å². The van der Waals surface area contributed by atoms with E-state index >= 15 is 0 Å². The van der Waals surface area contributed by atoms with Gasteiger partial charge in [0.25, 0.3) is 11.8 Å². The van der Waals surface area contributed by atoms with Crippen molar-refractivity contribution < 1.29 is 28.7 Å². The molecule has 2 aromatic carbocycles. The Balaban J connectivity index is 1.47. The molecule has 0 fully saturated rings.